The molecule has 0 saturated carbocycles. The highest BCUT2D eigenvalue weighted by atomic mass is 35.5. The molecular formula is C19H23ClN2O2S. The predicted molar refractivity (Wildman–Crippen MR) is 102 cm³/mol. The van der Waals surface area contributed by atoms with Crippen LogP contribution in [0.3, 0.4) is 0 Å². The summed E-state index contributed by atoms with van der Waals surface area (Å²) in [6.45, 7) is 1.19. The Morgan fingerprint density at radius 2 is 1.48 bits per heavy atom. The van der Waals surface area contributed by atoms with Crippen LogP contribution in [0.2, 0.25) is 0 Å². The van der Waals surface area contributed by atoms with Crippen molar-refractivity contribution < 1.29 is 8.42 Å². The summed E-state index contributed by atoms with van der Waals surface area (Å²) in [5.74, 6) is 0. The molecule has 4 rings (SSSR count). The van der Waals surface area contributed by atoms with Gasteiger partial charge in [-0.1, -0.05) is 42.5 Å². The lowest BCUT2D eigenvalue weighted by molar-refractivity contribution is 0.383. The fourth-order valence-corrected chi connectivity index (χ4v) is 5.23. The first-order valence-electron chi connectivity index (χ1n) is 8.54. The lowest BCUT2D eigenvalue weighted by Gasteiger charge is -2.23. The third-order valence-electron chi connectivity index (χ3n) is 5.09. The van der Waals surface area contributed by atoms with E-state index in [0.29, 0.717) is 30.1 Å². The molecule has 1 N–H and O–H groups in total. The van der Waals surface area contributed by atoms with E-state index < -0.39 is 10.0 Å². The number of hydrogen-bond donors (Lipinski definition) is 1. The first-order valence-corrected chi connectivity index (χ1v) is 9.98. The minimum Gasteiger partial charge on any atom is -0.310 e. The molecule has 0 spiro atoms. The molecule has 2 aliphatic rings. The summed E-state index contributed by atoms with van der Waals surface area (Å²) in [7, 11) is -3.41. The summed E-state index contributed by atoms with van der Waals surface area (Å²) >= 11 is 0. The molecule has 2 atom stereocenters. The van der Waals surface area contributed by atoms with Crippen molar-refractivity contribution in [3.8, 4) is 11.1 Å². The third-order valence-corrected chi connectivity index (χ3v) is 6.96. The van der Waals surface area contributed by atoms with E-state index in [4.69, 9.17) is 0 Å². The zero-order chi connectivity index (χ0) is 16.6. The molecule has 2 unspecified atom stereocenters. The molecule has 4 nitrogen and oxygen atoms in total. The Hall–Kier alpha value is -1.40. The molecular weight excluding hydrogens is 356 g/mol. The van der Waals surface area contributed by atoms with Gasteiger partial charge in [0.25, 0.3) is 0 Å². The average Bonchev–Trinajstić information content (AvgIpc) is 2.94. The Morgan fingerprint density at radius 3 is 2.20 bits per heavy atom. The van der Waals surface area contributed by atoms with Gasteiger partial charge in [-0.05, 0) is 42.5 Å². The standard InChI is InChI=1S/C19H22N2O2S.ClH/c22-24(23,21-13-12-17-8-9-18(14-21)20-17)19-10-6-16(7-11-19)15-4-2-1-3-5-15;/h1-7,10-11,17-18,20H,8-9,12-14H2;1H. The normalized spacial score (nSPS) is 23.7. The molecule has 2 aromatic rings. The van der Waals surface area contributed by atoms with Gasteiger partial charge in [0.15, 0.2) is 0 Å². The molecule has 25 heavy (non-hydrogen) atoms. The minimum absolute atomic E-state index is 0. The van der Waals surface area contributed by atoms with Gasteiger partial charge in [-0.25, -0.2) is 8.42 Å². The van der Waals surface area contributed by atoms with Crippen LogP contribution in [0.25, 0.3) is 11.1 Å². The molecule has 0 aromatic heterocycles. The molecule has 2 fully saturated rings. The van der Waals surface area contributed by atoms with Crippen molar-refractivity contribution in [3.63, 3.8) is 0 Å². The molecule has 2 bridgehead atoms. The first-order chi connectivity index (χ1) is 11.6. The van der Waals surface area contributed by atoms with E-state index in [1.807, 2.05) is 42.5 Å². The number of fused-ring (bicyclic) bond motifs is 2. The van der Waals surface area contributed by atoms with Gasteiger partial charge in [0.1, 0.15) is 0 Å². The Balaban J connectivity index is 0.00000182. The van der Waals surface area contributed by atoms with Gasteiger partial charge in [0.2, 0.25) is 10.0 Å². The number of sulfonamides is 1. The van der Waals surface area contributed by atoms with Crippen LogP contribution in [0.15, 0.2) is 59.5 Å². The topological polar surface area (TPSA) is 49.4 Å². The number of hydrogen-bond acceptors (Lipinski definition) is 3. The Morgan fingerprint density at radius 1 is 0.840 bits per heavy atom. The molecule has 2 aliphatic heterocycles. The molecule has 2 saturated heterocycles. The van der Waals surface area contributed by atoms with E-state index in [1.165, 1.54) is 6.42 Å². The maximum Gasteiger partial charge on any atom is 0.243 e. The highest BCUT2D eigenvalue weighted by Gasteiger charge is 2.34. The van der Waals surface area contributed by atoms with E-state index in [0.717, 1.165) is 24.0 Å². The summed E-state index contributed by atoms with van der Waals surface area (Å²) in [6.07, 6.45) is 3.14. The fourth-order valence-electron chi connectivity index (χ4n) is 3.73. The van der Waals surface area contributed by atoms with E-state index in [2.05, 4.69) is 5.32 Å². The van der Waals surface area contributed by atoms with Gasteiger partial charge >= 0.3 is 0 Å². The van der Waals surface area contributed by atoms with Crippen LogP contribution in [0.5, 0.6) is 0 Å². The summed E-state index contributed by atoms with van der Waals surface area (Å²) in [4.78, 5) is 0.389. The van der Waals surface area contributed by atoms with Gasteiger partial charge in [0, 0.05) is 25.2 Å². The van der Waals surface area contributed by atoms with Gasteiger partial charge in [-0.2, -0.15) is 4.31 Å². The quantitative estimate of drug-likeness (QED) is 0.891. The second-order valence-electron chi connectivity index (χ2n) is 6.68. The van der Waals surface area contributed by atoms with Crippen LogP contribution >= 0.6 is 12.4 Å². The van der Waals surface area contributed by atoms with Crippen LogP contribution in [0.4, 0.5) is 0 Å². The van der Waals surface area contributed by atoms with Crippen LogP contribution in [-0.4, -0.2) is 37.9 Å². The number of nitrogens with zero attached hydrogens (tertiary/aromatic N) is 1. The van der Waals surface area contributed by atoms with E-state index in [-0.39, 0.29) is 12.4 Å². The van der Waals surface area contributed by atoms with Gasteiger partial charge in [-0.3, -0.25) is 0 Å². The van der Waals surface area contributed by atoms with Crippen molar-refractivity contribution in [1.82, 2.24) is 9.62 Å². The Kier molecular flexibility index (Phi) is 5.49. The zero-order valence-electron chi connectivity index (χ0n) is 14.0. The largest absolute Gasteiger partial charge is 0.310 e. The zero-order valence-corrected chi connectivity index (χ0v) is 15.6. The summed E-state index contributed by atoms with van der Waals surface area (Å²) in [5.41, 5.74) is 2.13. The van der Waals surface area contributed by atoms with Gasteiger partial charge < -0.3 is 5.32 Å². The van der Waals surface area contributed by atoms with Crippen molar-refractivity contribution in [2.45, 2.75) is 36.2 Å². The van der Waals surface area contributed by atoms with Gasteiger partial charge in [-0.15, -0.1) is 12.4 Å². The van der Waals surface area contributed by atoms with Crippen molar-refractivity contribution in [1.29, 1.82) is 0 Å². The van der Waals surface area contributed by atoms with Crippen LogP contribution in [0, 0.1) is 0 Å². The first kappa shape index (κ1) is 18.4. The smallest absolute Gasteiger partial charge is 0.243 e. The monoisotopic (exact) mass is 378 g/mol. The number of halogens is 1. The van der Waals surface area contributed by atoms with Crippen molar-refractivity contribution in [3.05, 3.63) is 54.6 Å². The van der Waals surface area contributed by atoms with Crippen LogP contribution in [0.1, 0.15) is 19.3 Å². The minimum atomic E-state index is -3.41. The number of rotatable bonds is 3. The van der Waals surface area contributed by atoms with Crippen molar-refractivity contribution >= 4 is 22.4 Å². The second-order valence-corrected chi connectivity index (χ2v) is 8.62. The SMILES string of the molecule is Cl.O=S(=O)(c1ccc(-c2ccccc2)cc1)N1CCC2CCC(C1)N2. The van der Waals surface area contributed by atoms with Crippen LogP contribution in [-0.2, 0) is 10.0 Å². The van der Waals surface area contributed by atoms with Crippen LogP contribution < -0.4 is 5.32 Å². The average molecular weight is 379 g/mol. The molecule has 0 aliphatic carbocycles. The lowest BCUT2D eigenvalue weighted by atomic mass is 10.1. The summed E-state index contributed by atoms with van der Waals surface area (Å²) in [6, 6.07) is 18.0. The predicted octanol–water partition coefficient (Wildman–Crippen LogP) is 3.29. The van der Waals surface area contributed by atoms with Crippen molar-refractivity contribution in [2.75, 3.05) is 13.1 Å². The molecule has 0 radical (unpaired) electrons. The number of nitrogens with one attached hydrogen (secondary N) is 1. The molecule has 2 aromatic carbocycles. The molecule has 2 heterocycles. The van der Waals surface area contributed by atoms with Gasteiger partial charge in [0.05, 0.1) is 4.90 Å². The third kappa shape index (κ3) is 3.75. The Bertz CT molecular complexity index is 809. The molecule has 0 amide bonds. The van der Waals surface area contributed by atoms with E-state index in [1.54, 1.807) is 16.4 Å². The number of benzene rings is 2. The fraction of sp³-hybridized carbons (Fsp3) is 0.368. The highest BCUT2D eigenvalue weighted by molar-refractivity contribution is 7.89. The molecule has 6 heteroatoms. The maximum atomic E-state index is 13.0. The maximum absolute atomic E-state index is 13.0. The summed E-state index contributed by atoms with van der Waals surface area (Å²) < 4.78 is 27.6. The molecule has 134 valence electrons. The van der Waals surface area contributed by atoms with E-state index in [9.17, 15) is 8.42 Å². The lowest BCUT2D eigenvalue weighted by Crippen LogP contribution is -2.39. The van der Waals surface area contributed by atoms with E-state index >= 15 is 0 Å². The second kappa shape index (κ2) is 7.46. The van der Waals surface area contributed by atoms with Crippen molar-refractivity contribution in [2.24, 2.45) is 0 Å². The highest BCUT2D eigenvalue weighted by Crippen LogP contribution is 2.26. The Labute approximate surface area is 155 Å². The summed E-state index contributed by atoms with van der Waals surface area (Å²) in [5, 5.41) is 3.53.